The second-order valence-electron chi connectivity index (χ2n) is 11.2. The fourth-order valence-electron chi connectivity index (χ4n) is 6.02. The minimum Gasteiger partial charge on any atom is -0.348 e. The zero-order valence-electron chi connectivity index (χ0n) is 23.8. The molecule has 2 saturated heterocycles. The van der Waals surface area contributed by atoms with Gasteiger partial charge in [-0.2, -0.15) is 5.10 Å². The molecule has 0 spiro atoms. The lowest BCUT2D eigenvalue weighted by atomic mass is 10.0. The number of imide groups is 1. The van der Waals surface area contributed by atoms with Crippen LogP contribution in [0.15, 0.2) is 36.5 Å². The van der Waals surface area contributed by atoms with Gasteiger partial charge in [-0.3, -0.25) is 39.3 Å². The number of piperidine rings is 2. The molecule has 1 unspecified atom stereocenters. The molecular weight excluding hydrogens is 628 g/mol. The molecule has 6 rings (SSSR count). The molecule has 12 nitrogen and oxygen atoms in total. The Hall–Kier alpha value is -4.33. The van der Waals surface area contributed by atoms with Crippen molar-refractivity contribution >= 4 is 58.4 Å². The Morgan fingerprint density at radius 1 is 1.04 bits per heavy atom. The number of nitrogens with zero attached hydrogens (tertiary/aromatic N) is 3. The van der Waals surface area contributed by atoms with E-state index in [0.29, 0.717) is 43.6 Å². The minimum absolute atomic E-state index is 0.0171. The second kappa shape index (κ2) is 12.6. The normalized spacial score (nSPS) is 19.0. The number of hydrogen-bond donors (Lipinski definition) is 4. The van der Waals surface area contributed by atoms with Gasteiger partial charge in [-0.1, -0.05) is 35.3 Å². The number of nitrogens with one attached hydrogen (secondary N) is 4. The first kappa shape index (κ1) is 30.7. The Bertz CT molecular complexity index is 1700. The topological polar surface area (TPSA) is 157 Å². The van der Waals surface area contributed by atoms with Crippen LogP contribution in [0.4, 0.5) is 10.1 Å². The molecule has 234 valence electrons. The molecule has 0 saturated carbocycles. The molecule has 4 heterocycles. The highest BCUT2D eigenvalue weighted by Gasteiger charge is 2.40. The van der Waals surface area contributed by atoms with E-state index < -0.39 is 35.5 Å². The predicted molar refractivity (Wildman–Crippen MR) is 161 cm³/mol. The highest BCUT2D eigenvalue weighted by molar-refractivity contribution is 6.40. The maximum absolute atomic E-state index is 15.1. The van der Waals surface area contributed by atoms with Crippen molar-refractivity contribution in [3.05, 3.63) is 80.3 Å². The quantitative estimate of drug-likeness (QED) is 0.285. The molecule has 4 N–H and O–H groups in total. The molecule has 1 aromatic heterocycles. The van der Waals surface area contributed by atoms with Crippen molar-refractivity contribution in [1.82, 2.24) is 30.6 Å². The second-order valence-corrected chi connectivity index (χ2v) is 12.0. The van der Waals surface area contributed by atoms with Crippen molar-refractivity contribution in [3.8, 4) is 0 Å². The summed E-state index contributed by atoms with van der Waals surface area (Å²) in [6.07, 6.45) is 2.98. The molecule has 15 heteroatoms. The van der Waals surface area contributed by atoms with E-state index in [2.05, 4.69) is 31.0 Å². The lowest BCUT2D eigenvalue weighted by Gasteiger charge is -2.32. The van der Waals surface area contributed by atoms with E-state index in [1.807, 2.05) is 0 Å². The number of fused-ring (bicyclic) bond motifs is 1. The smallest absolute Gasteiger partial charge is 0.274 e. The van der Waals surface area contributed by atoms with Crippen LogP contribution in [0.5, 0.6) is 0 Å². The van der Waals surface area contributed by atoms with E-state index in [1.54, 1.807) is 12.1 Å². The molecular formula is C30H28Cl2FN7O5. The van der Waals surface area contributed by atoms with Crippen LogP contribution in [-0.4, -0.2) is 74.7 Å². The number of likely N-dealkylation sites (tertiary alicyclic amines) is 1. The summed E-state index contributed by atoms with van der Waals surface area (Å²) in [7, 11) is 0. The van der Waals surface area contributed by atoms with Gasteiger partial charge in [0.25, 0.3) is 17.7 Å². The van der Waals surface area contributed by atoms with Crippen LogP contribution in [0.2, 0.25) is 10.0 Å². The lowest BCUT2D eigenvalue weighted by Crippen LogP contribution is -2.52. The zero-order chi connectivity index (χ0) is 31.8. The number of halogens is 3. The number of anilines is 1. The molecule has 3 aromatic rings. The van der Waals surface area contributed by atoms with Gasteiger partial charge in [0.1, 0.15) is 11.9 Å². The molecule has 1 atom stereocenters. The number of carbonyl (C=O) groups excluding carboxylic acids is 5. The van der Waals surface area contributed by atoms with Gasteiger partial charge < -0.3 is 15.5 Å². The van der Waals surface area contributed by atoms with Crippen molar-refractivity contribution in [3.63, 3.8) is 0 Å². The third-order valence-corrected chi connectivity index (χ3v) is 8.89. The molecule has 0 radical (unpaired) electrons. The lowest BCUT2D eigenvalue weighted by molar-refractivity contribution is -0.136. The number of aromatic nitrogens is 2. The predicted octanol–water partition coefficient (Wildman–Crippen LogP) is 3.26. The van der Waals surface area contributed by atoms with E-state index in [-0.39, 0.29) is 63.9 Å². The molecule has 3 aliphatic heterocycles. The van der Waals surface area contributed by atoms with E-state index >= 15 is 4.39 Å². The highest BCUT2D eigenvalue weighted by atomic mass is 35.5. The Morgan fingerprint density at radius 3 is 2.49 bits per heavy atom. The van der Waals surface area contributed by atoms with Crippen LogP contribution in [0.25, 0.3) is 0 Å². The number of carbonyl (C=O) groups is 5. The maximum Gasteiger partial charge on any atom is 0.274 e. The first-order valence-electron chi connectivity index (χ1n) is 14.4. The molecule has 45 heavy (non-hydrogen) atoms. The van der Waals surface area contributed by atoms with Crippen LogP contribution in [0, 0.1) is 5.82 Å². The average Bonchev–Trinajstić information content (AvgIpc) is 3.58. The average molecular weight is 657 g/mol. The summed E-state index contributed by atoms with van der Waals surface area (Å²) in [6.45, 7) is 1.79. The molecule has 0 aliphatic carbocycles. The number of aromatic amines is 1. The standard InChI is InChI=1S/C30H28Cl2FN7O5/c31-18-2-1-3-19(32)25(18)28(43)36-21-12-34-38-26(21)29(44)35-17-6-8-39(9-7-17)13-15-10-16-14-40(30(45)24(16)20(33)11-15)22-4-5-23(41)37-27(22)42/h1-3,10-12,17,22H,4-9,13-14H2,(H,34,38)(H,35,44)(H,36,43)(H,37,41,42). The SMILES string of the molecule is O=C1CCC(N2Cc3cc(CN4CCC(NC(=O)c5n[nH]cc5NC(=O)c5c(Cl)cccc5Cl)CC4)cc(F)c3C2=O)C(=O)N1. The van der Waals surface area contributed by atoms with Gasteiger partial charge in [-0.15, -0.1) is 0 Å². The van der Waals surface area contributed by atoms with Crippen molar-refractivity contribution in [2.45, 2.75) is 50.9 Å². The summed E-state index contributed by atoms with van der Waals surface area (Å²) in [6, 6.07) is 6.88. The third kappa shape index (κ3) is 6.28. The number of benzene rings is 2. The van der Waals surface area contributed by atoms with Gasteiger partial charge in [0.2, 0.25) is 11.8 Å². The maximum atomic E-state index is 15.1. The Labute approximate surface area is 266 Å². The van der Waals surface area contributed by atoms with Crippen molar-refractivity contribution < 1.29 is 28.4 Å². The molecule has 0 bridgehead atoms. The van der Waals surface area contributed by atoms with Gasteiger partial charge in [0.15, 0.2) is 5.69 Å². The van der Waals surface area contributed by atoms with Crippen molar-refractivity contribution in [2.75, 3.05) is 18.4 Å². The number of hydrogen-bond acceptors (Lipinski definition) is 7. The highest BCUT2D eigenvalue weighted by Crippen LogP contribution is 2.31. The number of rotatable bonds is 7. The number of amides is 5. The zero-order valence-corrected chi connectivity index (χ0v) is 25.3. The van der Waals surface area contributed by atoms with Gasteiger partial charge in [0, 0.05) is 44.8 Å². The first-order valence-corrected chi connectivity index (χ1v) is 15.1. The van der Waals surface area contributed by atoms with Crippen molar-refractivity contribution in [2.24, 2.45) is 0 Å². The van der Waals surface area contributed by atoms with Gasteiger partial charge >= 0.3 is 0 Å². The Morgan fingerprint density at radius 2 is 1.78 bits per heavy atom. The summed E-state index contributed by atoms with van der Waals surface area (Å²) in [5, 5.41) is 14.8. The largest absolute Gasteiger partial charge is 0.348 e. The Balaban J connectivity index is 1.03. The third-order valence-electron chi connectivity index (χ3n) is 8.26. The summed E-state index contributed by atoms with van der Waals surface area (Å²) in [5.41, 5.74) is 1.46. The summed E-state index contributed by atoms with van der Waals surface area (Å²) < 4.78 is 15.1. The molecule has 3 aliphatic rings. The summed E-state index contributed by atoms with van der Waals surface area (Å²) in [5.74, 6) is -3.15. The van der Waals surface area contributed by atoms with E-state index in [1.165, 1.54) is 29.3 Å². The van der Waals surface area contributed by atoms with Crippen molar-refractivity contribution in [1.29, 1.82) is 0 Å². The molecule has 2 aromatic carbocycles. The van der Waals surface area contributed by atoms with E-state index in [0.717, 1.165) is 0 Å². The van der Waals surface area contributed by atoms with Crippen LogP contribution < -0.4 is 16.0 Å². The molecule has 2 fully saturated rings. The van der Waals surface area contributed by atoms with E-state index in [9.17, 15) is 24.0 Å². The number of H-pyrrole nitrogens is 1. The monoisotopic (exact) mass is 655 g/mol. The first-order chi connectivity index (χ1) is 21.6. The van der Waals surface area contributed by atoms with Gasteiger partial charge in [-0.05, 0) is 48.6 Å². The molecule has 5 amide bonds. The Kier molecular flexibility index (Phi) is 8.58. The van der Waals surface area contributed by atoms with E-state index in [4.69, 9.17) is 23.2 Å². The minimum atomic E-state index is -0.811. The van der Waals surface area contributed by atoms with Crippen LogP contribution in [-0.2, 0) is 22.7 Å². The van der Waals surface area contributed by atoms with Gasteiger partial charge in [0.05, 0.1) is 26.9 Å². The fraction of sp³-hybridized carbons (Fsp3) is 0.333. The van der Waals surface area contributed by atoms with Crippen LogP contribution in [0.1, 0.15) is 68.0 Å². The summed E-state index contributed by atoms with van der Waals surface area (Å²) in [4.78, 5) is 66.1. The van der Waals surface area contributed by atoms with Crippen LogP contribution >= 0.6 is 23.2 Å². The fourth-order valence-corrected chi connectivity index (χ4v) is 6.59. The summed E-state index contributed by atoms with van der Waals surface area (Å²) >= 11 is 12.3. The van der Waals surface area contributed by atoms with Crippen LogP contribution in [0.3, 0.4) is 0 Å². The van der Waals surface area contributed by atoms with Gasteiger partial charge in [-0.25, -0.2) is 4.39 Å².